The molecule has 134 valence electrons. The molecule has 1 aliphatic rings. The summed E-state index contributed by atoms with van der Waals surface area (Å²) in [4.78, 5) is 28.3. The number of nitriles is 1. The lowest BCUT2D eigenvalue weighted by Gasteiger charge is -2.35. The lowest BCUT2D eigenvalue weighted by atomic mass is 10.2. The topological polar surface area (TPSA) is 86.8 Å². The molecule has 1 aromatic heterocycles. The molecular formula is C19H19N3O4. The van der Waals surface area contributed by atoms with E-state index in [1.807, 2.05) is 6.07 Å². The van der Waals surface area contributed by atoms with Gasteiger partial charge in [-0.05, 0) is 37.3 Å². The van der Waals surface area contributed by atoms with Crippen molar-refractivity contribution in [1.29, 1.82) is 5.26 Å². The van der Waals surface area contributed by atoms with Gasteiger partial charge in [-0.1, -0.05) is 0 Å². The minimum Gasteiger partial charge on any atom is -0.481 e. The third-order valence-electron chi connectivity index (χ3n) is 4.29. The lowest BCUT2D eigenvalue weighted by molar-refractivity contribution is -0.139. The SMILES string of the molecule is CC(Oc1ccc(C#N)cc1)C(=O)N1CCN(C(=O)c2ccoc2)CC1. The number of ether oxygens (including phenoxy) is 1. The van der Waals surface area contributed by atoms with Crippen LogP contribution in [0.2, 0.25) is 0 Å². The number of piperazine rings is 1. The van der Waals surface area contributed by atoms with Gasteiger partial charge in [0.15, 0.2) is 6.10 Å². The Bertz CT molecular complexity index is 800. The fraction of sp³-hybridized carbons (Fsp3) is 0.316. The van der Waals surface area contributed by atoms with Gasteiger partial charge in [0, 0.05) is 26.2 Å². The van der Waals surface area contributed by atoms with Crippen LogP contribution in [-0.2, 0) is 4.79 Å². The zero-order valence-electron chi connectivity index (χ0n) is 14.4. The number of hydrogen-bond donors (Lipinski definition) is 0. The Morgan fingerprint density at radius 2 is 1.77 bits per heavy atom. The molecule has 0 bridgehead atoms. The Labute approximate surface area is 151 Å². The number of rotatable bonds is 4. The average Bonchev–Trinajstić information content (AvgIpc) is 3.22. The molecule has 1 saturated heterocycles. The van der Waals surface area contributed by atoms with Crippen LogP contribution in [0.15, 0.2) is 47.3 Å². The van der Waals surface area contributed by atoms with Crippen molar-refractivity contribution in [3.05, 3.63) is 54.0 Å². The molecule has 3 rings (SSSR count). The van der Waals surface area contributed by atoms with Crippen molar-refractivity contribution in [1.82, 2.24) is 9.80 Å². The molecule has 2 aromatic rings. The third-order valence-corrected chi connectivity index (χ3v) is 4.29. The molecule has 2 heterocycles. The van der Waals surface area contributed by atoms with Gasteiger partial charge < -0.3 is 19.0 Å². The van der Waals surface area contributed by atoms with Crippen LogP contribution in [-0.4, -0.2) is 53.9 Å². The van der Waals surface area contributed by atoms with E-state index in [1.54, 1.807) is 47.1 Å². The summed E-state index contributed by atoms with van der Waals surface area (Å²) in [7, 11) is 0. The molecule has 7 nitrogen and oxygen atoms in total. The summed E-state index contributed by atoms with van der Waals surface area (Å²) >= 11 is 0. The van der Waals surface area contributed by atoms with Crippen LogP contribution in [0.4, 0.5) is 0 Å². The highest BCUT2D eigenvalue weighted by atomic mass is 16.5. The molecule has 0 radical (unpaired) electrons. The number of hydrogen-bond acceptors (Lipinski definition) is 5. The van der Waals surface area contributed by atoms with Gasteiger partial charge in [0.05, 0.1) is 23.5 Å². The first kappa shape index (κ1) is 17.5. The number of carbonyl (C=O) groups excluding carboxylic acids is 2. The molecule has 7 heteroatoms. The predicted molar refractivity (Wildman–Crippen MR) is 92.4 cm³/mol. The van der Waals surface area contributed by atoms with Crippen LogP contribution in [0.1, 0.15) is 22.8 Å². The van der Waals surface area contributed by atoms with Crippen LogP contribution in [0.5, 0.6) is 5.75 Å². The van der Waals surface area contributed by atoms with E-state index in [0.29, 0.717) is 43.1 Å². The summed E-state index contributed by atoms with van der Waals surface area (Å²) in [5, 5.41) is 8.80. The summed E-state index contributed by atoms with van der Waals surface area (Å²) in [6, 6.07) is 10.3. The average molecular weight is 353 g/mol. The van der Waals surface area contributed by atoms with Crippen LogP contribution < -0.4 is 4.74 Å². The van der Waals surface area contributed by atoms with E-state index >= 15 is 0 Å². The molecule has 1 unspecified atom stereocenters. The molecule has 0 saturated carbocycles. The van der Waals surface area contributed by atoms with E-state index in [1.165, 1.54) is 12.5 Å². The lowest BCUT2D eigenvalue weighted by Crippen LogP contribution is -2.53. The number of furan rings is 1. The van der Waals surface area contributed by atoms with Gasteiger partial charge in [-0.3, -0.25) is 9.59 Å². The first-order valence-electron chi connectivity index (χ1n) is 8.35. The van der Waals surface area contributed by atoms with Gasteiger partial charge in [-0.2, -0.15) is 5.26 Å². The molecule has 1 atom stereocenters. The Morgan fingerprint density at radius 1 is 1.12 bits per heavy atom. The van der Waals surface area contributed by atoms with E-state index < -0.39 is 6.10 Å². The second kappa shape index (κ2) is 7.74. The third kappa shape index (κ3) is 3.86. The minimum atomic E-state index is -0.640. The number of amides is 2. The van der Waals surface area contributed by atoms with Crippen LogP contribution >= 0.6 is 0 Å². The predicted octanol–water partition coefficient (Wildman–Crippen LogP) is 1.90. The van der Waals surface area contributed by atoms with Crippen molar-refractivity contribution in [3.63, 3.8) is 0 Å². The smallest absolute Gasteiger partial charge is 0.263 e. The zero-order valence-corrected chi connectivity index (χ0v) is 14.4. The first-order chi connectivity index (χ1) is 12.6. The van der Waals surface area contributed by atoms with Gasteiger partial charge in [0.1, 0.15) is 12.0 Å². The quantitative estimate of drug-likeness (QED) is 0.838. The highest BCUT2D eigenvalue weighted by molar-refractivity contribution is 5.94. The fourth-order valence-corrected chi connectivity index (χ4v) is 2.82. The number of carbonyl (C=O) groups is 2. The first-order valence-corrected chi connectivity index (χ1v) is 8.35. The van der Waals surface area contributed by atoms with E-state index in [9.17, 15) is 9.59 Å². The molecule has 0 spiro atoms. The van der Waals surface area contributed by atoms with E-state index in [0.717, 1.165) is 0 Å². The molecule has 0 aliphatic carbocycles. The molecule has 2 amide bonds. The van der Waals surface area contributed by atoms with Crippen molar-refractivity contribution in [2.45, 2.75) is 13.0 Å². The fourth-order valence-electron chi connectivity index (χ4n) is 2.82. The van der Waals surface area contributed by atoms with Crippen molar-refractivity contribution in [3.8, 4) is 11.8 Å². The molecule has 1 fully saturated rings. The van der Waals surface area contributed by atoms with E-state index in [4.69, 9.17) is 14.4 Å². The summed E-state index contributed by atoms with van der Waals surface area (Å²) in [6.07, 6.45) is 2.25. The summed E-state index contributed by atoms with van der Waals surface area (Å²) in [5.74, 6) is 0.330. The summed E-state index contributed by atoms with van der Waals surface area (Å²) < 4.78 is 10.6. The van der Waals surface area contributed by atoms with Crippen molar-refractivity contribution in [2.75, 3.05) is 26.2 Å². The molecule has 1 aliphatic heterocycles. The second-order valence-electron chi connectivity index (χ2n) is 6.03. The highest BCUT2D eigenvalue weighted by Gasteiger charge is 2.28. The maximum absolute atomic E-state index is 12.6. The Morgan fingerprint density at radius 3 is 2.35 bits per heavy atom. The largest absolute Gasteiger partial charge is 0.481 e. The van der Waals surface area contributed by atoms with Gasteiger partial charge in [0.25, 0.3) is 11.8 Å². The Balaban J connectivity index is 1.52. The van der Waals surface area contributed by atoms with Crippen LogP contribution in [0, 0.1) is 11.3 Å². The number of benzene rings is 1. The van der Waals surface area contributed by atoms with Gasteiger partial charge >= 0.3 is 0 Å². The minimum absolute atomic E-state index is 0.0901. The maximum atomic E-state index is 12.6. The van der Waals surface area contributed by atoms with Crippen LogP contribution in [0.3, 0.4) is 0 Å². The summed E-state index contributed by atoms with van der Waals surface area (Å²) in [6.45, 7) is 3.56. The van der Waals surface area contributed by atoms with Crippen molar-refractivity contribution < 1.29 is 18.7 Å². The highest BCUT2D eigenvalue weighted by Crippen LogP contribution is 2.15. The monoisotopic (exact) mass is 353 g/mol. The molecule has 1 aromatic carbocycles. The standard InChI is InChI=1S/C19H19N3O4/c1-14(26-17-4-2-15(12-20)3-5-17)18(23)21-7-9-22(10-8-21)19(24)16-6-11-25-13-16/h2-6,11,13-14H,7-10H2,1H3. The van der Waals surface area contributed by atoms with Crippen LogP contribution in [0.25, 0.3) is 0 Å². The van der Waals surface area contributed by atoms with E-state index in [2.05, 4.69) is 0 Å². The van der Waals surface area contributed by atoms with Crippen molar-refractivity contribution in [2.24, 2.45) is 0 Å². The van der Waals surface area contributed by atoms with Gasteiger partial charge in [-0.15, -0.1) is 0 Å². The number of nitrogens with zero attached hydrogens (tertiary/aromatic N) is 3. The van der Waals surface area contributed by atoms with Crippen molar-refractivity contribution >= 4 is 11.8 Å². The molecular weight excluding hydrogens is 334 g/mol. The normalized spacial score (nSPS) is 15.2. The van der Waals surface area contributed by atoms with Gasteiger partial charge in [0.2, 0.25) is 0 Å². The maximum Gasteiger partial charge on any atom is 0.263 e. The van der Waals surface area contributed by atoms with Gasteiger partial charge in [-0.25, -0.2) is 0 Å². The van der Waals surface area contributed by atoms with E-state index in [-0.39, 0.29) is 11.8 Å². The zero-order chi connectivity index (χ0) is 18.5. The molecule has 26 heavy (non-hydrogen) atoms. The molecule has 0 N–H and O–H groups in total. The Kier molecular flexibility index (Phi) is 5.23. The second-order valence-corrected chi connectivity index (χ2v) is 6.03. The Hall–Kier alpha value is -3.27. The summed E-state index contributed by atoms with van der Waals surface area (Å²) in [5.41, 5.74) is 1.05.